The summed E-state index contributed by atoms with van der Waals surface area (Å²) in [5, 5.41) is 0. The summed E-state index contributed by atoms with van der Waals surface area (Å²) in [5.74, 6) is -1.25. The maximum atomic E-state index is 13.5. The molecule has 2 aromatic rings. The summed E-state index contributed by atoms with van der Waals surface area (Å²) in [5.41, 5.74) is 1.11. The van der Waals surface area contributed by atoms with Crippen LogP contribution in [0.15, 0.2) is 42.5 Å². The van der Waals surface area contributed by atoms with Crippen LogP contribution in [0.25, 0.3) is 0 Å². The van der Waals surface area contributed by atoms with Gasteiger partial charge in [0.25, 0.3) is 0 Å². The molecule has 1 atom stereocenters. The first kappa shape index (κ1) is 13.1. The van der Waals surface area contributed by atoms with E-state index >= 15 is 0 Å². The average molecular weight is 315 g/mol. The van der Waals surface area contributed by atoms with Crippen LogP contribution in [-0.2, 0) is 6.42 Å². The largest absolute Gasteiger partial charge is 0.207 e. The third-order valence-corrected chi connectivity index (χ3v) is 3.44. The van der Waals surface area contributed by atoms with E-state index in [0.29, 0.717) is 6.42 Å². The number of alkyl halides is 1. The zero-order chi connectivity index (χ0) is 13.1. The topological polar surface area (TPSA) is 0 Å². The summed E-state index contributed by atoms with van der Waals surface area (Å²) in [6.45, 7) is 0. The molecule has 4 heteroatoms. The van der Waals surface area contributed by atoms with Crippen molar-refractivity contribution < 1.29 is 13.2 Å². The summed E-state index contributed by atoms with van der Waals surface area (Å²) in [7, 11) is 0. The molecule has 0 aliphatic heterocycles. The van der Waals surface area contributed by atoms with Gasteiger partial charge in [-0.25, -0.2) is 13.2 Å². The molecule has 1 unspecified atom stereocenters. The van der Waals surface area contributed by atoms with Gasteiger partial charge in [-0.15, -0.1) is 0 Å². The van der Waals surface area contributed by atoms with E-state index in [1.165, 1.54) is 12.1 Å². The van der Waals surface area contributed by atoms with Crippen molar-refractivity contribution in [3.8, 4) is 0 Å². The van der Waals surface area contributed by atoms with Crippen molar-refractivity contribution in [2.24, 2.45) is 0 Å². The standard InChI is InChI=1S/C14H10BrF3/c15-13(7-9-1-3-10(16)4-2-9)12-8-11(17)5-6-14(12)18/h1-6,8,13H,7H2. The van der Waals surface area contributed by atoms with Crippen molar-refractivity contribution in [1.82, 2.24) is 0 Å². The molecule has 0 aromatic heterocycles. The molecule has 0 saturated heterocycles. The van der Waals surface area contributed by atoms with E-state index in [1.807, 2.05) is 0 Å². The Balaban J connectivity index is 2.18. The summed E-state index contributed by atoms with van der Waals surface area (Å²) in [6.07, 6.45) is 0.459. The number of halogens is 4. The van der Waals surface area contributed by atoms with Gasteiger partial charge in [-0.3, -0.25) is 0 Å². The molecule has 0 bridgehead atoms. The summed E-state index contributed by atoms with van der Waals surface area (Å²) >= 11 is 3.33. The second kappa shape index (κ2) is 5.57. The smallest absolute Gasteiger partial charge is 0.127 e. The highest BCUT2D eigenvalue weighted by atomic mass is 79.9. The monoisotopic (exact) mass is 314 g/mol. The Kier molecular flexibility index (Phi) is 4.07. The van der Waals surface area contributed by atoms with E-state index in [-0.39, 0.29) is 16.2 Å². The molecule has 0 heterocycles. The van der Waals surface area contributed by atoms with E-state index in [9.17, 15) is 13.2 Å². The molecular weight excluding hydrogens is 305 g/mol. The van der Waals surface area contributed by atoms with Gasteiger partial charge in [0, 0.05) is 10.4 Å². The van der Waals surface area contributed by atoms with E-state index in [2.05, 4.69) is 15.9 Å². The van der Waals surface area contributed by atoms with Gasteiger partial charge >= 0.3 is 0 Å². The van der Waals surface area contributed by atoms with Crippen molar-refractivity contribution in [2.75, 3.05) is 0 Å². The lowest BCUT2D eigenvalue weighted by Crippen LogP contribution is -1.99. The van der Waals surface area contributed by atoms with E-state index in [0.717, 1.165) is 23.8 Å². The van der Waals surface area contributed by atoms with Crippen LogP contribution < -0.4 is 0 Å². The minimum atomic E-state index is -0.477. The van der Waals surface area contributed by atoms with Crippen molar-refractivity contribution >= 4 is 15.9 Å². The summed E-state index contributed by atoms with van der Waals surface area (Å²) in [4.78, 5) is -0.348. The van der Waals surface area contributed by atoms with Crippen molar-refractivity contribution in [2.45, 2.75) is 11.2 Å². The lowest BCUT2D eigenvalue weighted by molar-refractivity contribution is 0.583. The number of hydrogen-bond acceptors (Lipinski definition) is 0. The molecule has 0 aliphatic rings. The fourth-order valence-electron chi connectivity index (χ4n) is 1.69. The quantitative estimate of drug-likeness (QED) is 0.715. The Labute approximate surface area is 112 Å². The molecule has 0 nitrogen and oxygen atoms in total. The highest BCUT2D eigenvalue weighted by Crippen LogP contribution is 2.29. The van der Waals surface area contributed by atoms with Crippen molar-refractivity contribution in [3.05, 3.63) is 71.0 Å². The fourth-order valence-corrected chi connectivity index (χ4v) is 2.42. The Morgan fingerprint density at radius 2 is 1.50 bits per heavy atom. The Morgan fingerprint density at radius 3 is 2.17 bits per heavy atom. The minimum absolute atomic E-state index is 0.263. The third kappa shape index (κ3) is 3.13. The van der Waals surface area contributed by atoms with Crippen LogP contribution in [0.3, 0.4) is 0 Å². The molecule has 0 N–H and O–H groups in total. The van der Waals surface area contributed by atoms with Gasteiger partial charge in [-0.05, 0) is 42.3 Å². The molecule has 0 spiro atoms. The number of hydrogen-bond donors (Lipinski definition) is 0. The first-order chi connectivity index (χ1) is 8.56. The lowest BCUT2D eigenvalue weighted by Gasteiger charge is -2.11. The molecule has 18 heavy (non-hydrogen) atoms. The van der Waals surface area contributed by atoms with E-state index in [1.54, 1.807) is 12.1 Å². The maximum Gasteiger partial charge on any atom is 0.127 e. The molecule has 0 radical (unpaired) electrons. The van der Waals surface area contributed by atoms with Gasteiger partial charge < -0.3 is 0 Å². The van der Waals surface area contributed by atoms with E-state index in [4.69, 9.17) is 0 Å². The van der Waals surface area contributed by atoms with Crippen LogP contribution >= 0.6 is 15.9 Å². The average Bonchev–Trinajstić information content (AvgIpc) is 2.35. The Hall–Kier alpha value is -1.29. The maximum absolute atomic E-state index is 13.5. The number of benzene rings is 2. The lowest BCUT2D eigenvalue weighted by atomic mass is 10.0. The van der Waals surface area contributed by atoms with Crippen LogP contribution in [0.4, 0.5) is 13.2 Å². The van der Waals surface area contributed by atoms with Crippen LogP contribution in [-0.4, -0.2) is 0 Å². The minimum Gasteiger partial charge on any atom is -0.207 e. The molecule has 0 saturated carbocycles. The molecular formula is C14H10BrF3. The fraction of sp³-hybridized carbons (Fsp3) is 0.143. The van der Waals surface area contributed by atoms with Crippen molar-refractivity contribution in [3.63, 3.8) is 0 Å². The van der Waals surface area contributed by atoms with Crippen molar-refractivity contribution in [1.29, 1.82) is 0 Å². The molecule has 0 amide bonds. The Morgan fingerprint density at radius 1 is 0.889 bits per heavy atom. The highest BCUT2D eigenvalue weighted by molar-refractivity contribution is 9.09. The Bertz CT molecular complexity index is 537. The molecule has 94 valence electrons. The van der Waals surface area contributed by atoms with Gasteiger partial charge in [-0.2, -0.15) is 0 Å². The summed E-state index contributed by atoms with van der Waals surface area (Å²) < 4.78 is 39.3. The molecule has 2 aromatic carbocycles. The first-order valence-corrected chi connectivity index (χ1v) is 6.31. The zero-order valence-electron chi connectivity index (χ0n) is 9.34. The van der Waals surface area contributed by atoms with Gasteiger partial charge in [-0.1, -0.05) is 28.1 Å². The van der Waals surface area contributed by atoms with Crippen LogP contribution in [0.5, 0.6) is 0 Å². The van der Waals surface area contributed by atoms with Gasteiger partial charge in [0.15, 0.2) is 0 Å². The van der Waals surface area contributed by atoms with Crippen LogP contribution in [0, 0.1) is 17.5 Å². The molecule has 0 aliphatic carbocycles. The first-order valence-electron chi connectivity index (χ1n) is 5.40. The third-order valence-electron chi connectivity index (χ3n) is 2.62. The van der Waals surface area contributed by atoms with Crippen LogP contribution in [0.1, 0.15) is 16.0 Å². The van der Waals surface area contributed by atoms with E-state index < -0.39 is 11.6 Å². The second-order valence-corrected chi connectivity index (χ2v) is 5.07. The number of rotatable bonds is 3. The second-order valence-electron chi connectivity index (χ2n) is 3.96. The van der Waals surface area contributed by atoms with Gasteiger partial charge in [0.2, 0.25) is 0 Å². The van der Waals surface area contributed by atoms with Gasteiger partial charge in [0.05, 0.1) is 0 Å². The SMILES string of the molecule is Fc1ccc(CC(Br)c2cc(F)ccc2F)cc1. The summed E-state index contributed by atoms with van der Waals surface area (Å²) in [6, 6.07) is 9.29. The normalized spacial score (nSPS) is 12.4. The molecule has 2 rings (SSSR count). The zero-order valence-corrected chi connectivity index (χ0v) is 10.9. The predicted octanol–water partition coefficient (Wildman–Crippen LogP) is 4.78. The predicted molar refractivity (Wildman–Crippen MR) is 68.1 cm³/mol. The van der Waals surface area contributed by atoms with Crippen LogP contribution in [0.2, 0.25) is 0 Å². The van der Waals surface area contributed by atoms with Gasteiger partial charge in [0.1, 0.15) is 17.5 Å². The molecule has 0 fully saturated rings. The highest BCUT2D eigenvalue weighted by Gasteiger charge is 2.14.